The van der Waals surface area contributed by atoms with Gasteiger partial charge in [-0.05, 0) is 58.4 Å². The molecule has 1 unspecified atom stereocenters. The average molecular weight is 346 g/mol. The van der Waals surface area contributed by atoms with Crippen molar-refractivity contribution in [2.75, 3.05) is 7.05 Å². The summed E-state index contributed by atoms with van der Waals surface area (Å²) in [5, 5.41) is 4.57. The number of nitrogens with zero attached hydrogens (tertiary/aromatic N) is 1. The van der Waals surface area contributed by atoms with E-state index in [2.05, 4.69) is 26.2 Å². The van der Waals surface area contributed by atoms with Crippen LogP contribution in [0.15, 0.2) is 41.1 Å². The summed E-state index contributed by atoms with van der Waals surface area (Å²) in [6.45, 7) is 0. The minimum absolute atomic E-state index is 0.0406. The summed E-state index contributed by atoms with van der Waals surface area (Å²) >= 11 is 15.7. The molecule has 1 atom stereocenters. The van der Waals surface area contributed by atoms with Crippen molar-refractivity contribution < 1.29 is 0 Å². The van der Waals surface area contributed by atoms with E-state index in [-0.39, 0.29) is 6.04 Å². The zero-order valence-corrected chi connectivity index (χ0v) is 12.7. The molecule has 1 N–H and O–H groups in total. The molecule has 2 aromatic rings. The maximum atomic E-state index is 6.23. The van der Waals surface area contributed by atoms with Crippen LogP contribution in [-0.4, -0.2) is 12.0 Å². The van der Waals surface area contributed by atoms with Crippen molar-refractivity contribution in [2.24, 2.45) is 0 Å². The molecule has 0 aliphatic rings. The lowest BCUT2D eigenvalue weighted by molar-refractivity contribution is 0.688. The Kier molecular flexibility index (Phi) is 4.62. The van der Waals surface area contributed by atoms with Gasteiger partial charge in [-0.15, -0.1) is 0 Å². The number of benzene rings is 1. The van der Waals surface area contributed by atoms with Gasteiger partial charge >= 0.3 is 0 Å². The molecular weight excluding hydrogens is 335 g/mol. The molecule has 18 heavy (non-hydrogen) atoms. The molecule has 0 bridgehead atoms. The van der Waals surface area contributed by atoms with Crippen LogP contribution in [0.3, 0.4) is 0 Å². The molecule has 0 amide bonds. The number of hydrogen-bond donors (Lipinski definition) is 1. The molecule has 0 saturated carbocycles. The Balaban J connectivity index is 2.48. The fraction of sp³-hybridized carbons (Fsp3) is 0.154. The smallest absolute Gasteiger partial charge is 0.0605 e. The maximum absolute atomic E-state index is 6.23. The van der Waals surface area contributed by atoms with Crippen LogP contribution in [-0.2, 0) is 0 Å². The molecule has 0 radical (unpaired) electrons. The highest BCUT2D eigenvalue weighted by atomic mass is 79.9. The topological polar surface area (TPSA) is 24.9 Å². The van der Waals surface area contributed by atoms with Gasteiger partial charge in [-0.3, -0.25) is 4.98 Å². The van der Waals surface area contributed by atoms with Crippen molar-refractivity contribution in [3.05, 3.63) is 62.3 Å². The molecule has 2 rings (SSSR count). The first-order valence-electron chi connectivity index (χ1n) is 5.34. The summed E-state index contributed by atoms with van der Waals surface area (Å²) in [5.41, 5.74) is 1.96. The second-order valence-corrected chi connectivity index (χ2v) is 5.58. The fourth-order valence-corrected chi connectivity index (χ4v) is 2.61. The number of halogens is 3. The van der Waals surface area contributed by atoms with Gasteiger partial charge in [0, 0.05) is 26.9 Å². The van der Waals surface area contributed by atoms with Gasteiger partial charge in [0.15, 0.2) is 0 Å². The van der Waals surface area contributed by atoms with Gasteiger partial charge in [0.2, 0.25) is 0 Å². The number of pyridine rings is 1. The van der Waals surface area contributed by atoms with E-state index in [1.165, 1.54) is 0 Å². The Hall–Kier alpha value is -0.610. The highest BCUT2D eigenvalue weighted by molar-refractivity contribution is 9.10. The third-order valence-corrected chi connectivity index (χ3v) is 3.63. The maximum Gasteiger partial charge on any atom is 0.0605 e. The van der Waals surface area contributed by atoms with Crippen LogP contribution in [0.5, 0.6) is 0 Å². The number of nitrogens with one attached hydrogen (secondary N) is 1. The molecule has 2 nitrogen and oxygen atoms in total. The Morgan fingerprint density at radius 2 is 2.00 bits per heavy atom. The lowest BCUT2D eigenvalue weighted by Gasteiger charge is -2.18. The second-order valence-electron chi connectivity index (χ2n) is 3.82. The van der Waals surface area contributed by atoms with Crippen LogP contribution < -0.4 is 5.32 Å². The van der Waals surface area contributed by atoms with Gasteiger partial charge in [-0.2, -0.15) is 0 Å². The molecule has 94 valence electrons. The highest BCUT2D eigenvalue weighted by Gasteiger charge is 2.16. The van der Waals surface area contributed by atoms with Crippen molar-refractivity contribution in [1.82, 2.24) is 10.3 Å². The monoisotopic (exact) mass is 344 g/mol. The van der Waals surface area contributed by atoms with E-state index in [0.29, 0.717) is 10.0 Å². The van der Waals surface area contributed by atoms with Gasteiger partial charge in [0.25, 0.3) is 0 Å². The first-order chi connectivity index (χ1) is 8.61. The van der Waals surface area contributed by atoms with Gasteiger partial charge < -0.3 is 5.32 Å². The molecular formula is C13H11BrCl2N2. The van der Waals surface area contributed by atoms with Crippen molar-refractivity contribution in [2.45, 2.75) is 6.04 Å². The Labute approximate surface area is 124 Å². The third-order valence-electron chi connectivity index (χ3n) is 2.62. The third kappa shape index (κ3) is 3.04. The normalized spacial score (nSPS) is 12.4. The minimum Gasteiger partial charge on any atom is -0.309 e. The van der Waals surface area contributed by atoms with E-state index >= 15 is 0 Å². The minimum atomic E-state index is -0.0406. The number of rotatable bonds is 3. The first kappa shape index (κ1) is 13.8. The van der Waals surface area contributed by atoms with Crippen LogP contribution in [0.1, 0.15) is 17.2 Å². The zero-order valence-electron chi connectivity index (χ0n) is 9.62. The van der Waals surface area contributed by atoms with E-state index in [9.17, 15) is 0 Å². The molecule has 0 saturated heterocycles. The second kappa shape index (κ2) is 6.02. The summed E-state index contributed by atoms with van der Waals surface area (Å²) in [6.07, 6.45) is 3.55. The van der Waals surface area contributed by atoms with Gasteiger partial charge in [-0.1, -0.05) is 23.2 Å². The zero-order chi connectivity index (χ0) is 13.1. The van der Waals surface area contributed by atoms with Crippen LogP contribution in [0, 0.1) is 0 Å². The largest absolute Gasteiger partial charge is 0.309 e. The average Bonchev–Trinajstić information content (AvgIpc) is 2.35. The highest BCUT2D eigenvalue weighted by Crippen LogP contribution is 2.30. The van der Waals surface area contributed by atoms with Crippen molar-refractivity contribution in [3.63, 3.8) is 0 Å². The van der Waals surface area contributed by atoms with Crippen molar-refractivity contribution in [1.29, 1.82) is 0 Å². The summed E-state index contributed by atoms with van der Waals surface area (Å²) in [7, 11) is 1.88. The molecule has 0 aliphatic carbocycles. The Bertz CT molecular complexity index is 560. The van der Waals surface area contributed by atoms with E-state index in [4.69, 9.17) is 23.2 Å². The summed E-state index contributed by atoms with van der Waals surface area (Å²) in [4.78, 5) is 4.17. The van der Waals surface area contributed by atoms with Crippen LogP contribution in [0.4, 0.5) is 0 Å². The number of hydrogen-bond acceptors (Lipinski definition) is 2. The first-order valence-corrected chi connectivity index (χ1v) is 6.89. The van der Waals surface area contributed by atoms with Crippen molar-refractivity contribution in [3.8, 4) is 0 Å². The summed E-state index contributed by atoms with van der Waals surface area (Å²) in [5.74, 6) is 0. The molecule has 5 heteroatoms. The molecule has 1 aromatic heterocycles. The van der Waals surface area contributed by atoms with E-state index < -0.39 is 0 Å². The van der Waals surface area contributed by atoms with Gasteiger partial charge in [0.05, 0.1) is 6.04 Å². The van der Waals surface area contributed by atoms with Crippen LogP contribution >= 0.6 is 39.1 Å². The predicted molar refractivity (Wildman–Crippen MR) is 79.3 cm³/mol. The van der Waals surface area contributed by atoms with Crippen LogP contribution in [0.25, 0.3) is 0 Å². The Morgan fingerprint density at radius 1 is 1.22 bits per heavy atom. The van der Waals surface area contributed by atoms with E-state index in [0.717, 1.165) is 15.6 Å². The Morgan fingerprint density at radius 3 is 2.67 bits per heavy atom. The van der Waals surface area contributed by atoms with Crippen LogP contribution in [0.2, 0.25) is 10.0 Å². The molecule has 0 aliphatic heterocycles. The summed E-state index contributed by atoms with van der Waals surface area (Å²) < 4.78 is 0.929. The lowest BCUT2D eigenvalue weighted by Crippen LogP contribution is -2.18. The van der Waals surface area contributed by atoms with E-state index in [1.807, 2.05) is 25.4 Å². The lowest BCUT2D eigenvalue weighted by atomic mass is 10.0. The predicted octanol–water partition coefficient (Wildman–Crippen LogP) is 4.46. The SMILES string of the molecule is CNC(c1cncc(Br)c1)c1cc(Cl)ccc1Cl. The van der Waals surface area contributed by atoms with E-state index in [1.54, 1.807) is 18.3 Å². The molecule has 1 aromatic carbocycles. The van der Waals surface area contributed by atoms with Gasteiger partial charge in [-0.25, -0.2) is 0 Å². The molecule has 1 heterocycles. The molecule has 0 spiro atoms. The quantitative estimate of drug-likeness (QED) is 0.888. The fourth-order valence-electron chi connectivity index (χ4n) is 1.82. The molecule has 0 fully saturated rings. The summed E-state index contributed by atoms with van der Waals surface area (Å²) in [6, 6.07) is 7.41. The standard InChI is InChI=1S/C13H11BrCl2N2/c1-17-13(8-4-9(14)7-18-6-8)11-5-10(15)2-3-12(11)16/h2-7,13,17H,1H3. The van der Waals surface area contributed by atoms with Crippen molar-refractivity contribution >= 4 is 39.1 Å². The number of aromatic nitrogens is 1. The van der Waals surface area contributed by atoms with Gasteiger partial charge in [0.1, 0.15) is 0 Å².